The second kappa shape index (κ2) is 8.05. The third-order valence-corrected chi connectivity index (χ3v) is 11.5. The molecule has 3 nitrogen and oxygen atoms in total. The monoisotopic (exact) mass is 456 g/mol. The molecule has 8 atom stereocenters. The number of allylic oxidation sites excluding steroid dienone is 3. The Kier molecular flexibility index (Phi) is 6.14. The van der Waals surface area contributed by atoms with Crippen molar-refractivity contribution in [3.63, 3.8) is 0 Å². The smallest absolute Gasteiger partial charge is 0.159 e. The summed E-state index contributed by atoms with van der Waals surface area (Å²) in [6.45, 7) is 17.9. The average molecular weight is 457 g/mol. The lowest BCUT2D eigenvalue weighted by Crippen LogP contribution is -2.57. The second-order valence-corrected chi connectivity index (χ2v) is 13.7. The lowest BCUT2D eigenvalue weighted by Gasteiger charge is -2.61. The van der Waals surface area contributed by atoms with Crippen molar-refractivity contribution in [1.29, 1.82) is 0 Å². The van der Waals surface area contributed by atoms with Gasteiger partial charge in [-0.05, 0) is 98.2 Å². The van der Waals surface area contributed by atoms with Crippen molar-refractivity contribution < 1.29 is 15.0 Å². The van der Waals surface area contributed by atoms with E-state index in [9.17, 15) is 15.0 Å². The Hall–Kier alpha value is -0.930. The van der Waals surface area contributed by atoms with Gasteiger partial charge in [-0.25, -0.2) is 0 Å². The van der Waals surface area contributed by atoms with Crippen LogP contribution in [0.15, 0.2) is 22.8 Å². The molecule has 3 heteroatoms. The molecule has 4 aliphatic carbocycles. The third kappa shape index (κ3) is 3.46. The van der Waals surface area contributed by atoms with Crippen molar-refractivity contribution in [1.82, 2.24) is 0 Å². The minimum absolute atomic E-state index is 0.0274. The zero-order valence-corrected chi connectivity index (χ0v) is 22.4. The topological polar surface area (TPSA) is 57.5 Å². The van der Waals surface area contributed by atoms with Crippen LogP contribution in [0, 0.1) is 39.4 Å². The van der Waals surface area contributed by atoms with Crippen LogP contribution < -0.4 is 0 Å². The number of Topliss-reactive ketones (excluding diaryl/α,β-unsaturated/α-hetero) is 1. The van der Waals surface area contributed by atoms with Gasteiger partial charge in [0, 0.05) is 12.0 Å². The van der Waals surface area contributed by atoms with Gasteiger partial charge >= 0.3 is 0 Å². The number of aliphatic hydroxyl groups is 2. The van der Waals surface area contributed by atoms with Gasteiger partial charge in [-0.1, -0.05) is 58.8 Å². The van der Waals surface area contributed by atoms with E-state index in [4.69, 9.17) is 0 Å². The van der Waals surface area contributed by atoms with Gasteiger partial charge in [-0.2, -0.15) is 0 Å². The minimum Gasteiger partial charge on any atom is -0.393 e. The van der Waals surface area contributed by atoms with Crippen LogP contribution in [0.1, 0.15) is 107 Å². The number of hydrogen-bond acceptors (Lipinski definition) is 3. The molecular weight excluding hydrogens is 408 g/mol. The van der Waals surface area contributed by atoms with E-state index in [1.165, 1.54) is 11.1 Å². The Morgan fingerprint density at radius 1 is 1.09 bits per heavy atom. The van der Waals surface area contributed by atoms with Gasteiger partial charge in [0.1, 0.15) is 0 Å². The Morgan fingerprint density at radius 2 is 1.76 bits per heavy atom. The number of aliphatic hydroxyl groups excluding tert-OH is 2. The van der Waals surface area contributed by atoms with Crippen molar-refractivity contribution in [2.75, 3.05) is 0 Å². The summed E-state index contributed by atoms with van der Waals surface area (Å²) in [5.74, 6) is 1.25. The van der Waals surface area contributed by atoms with Crippen molar-refractivity contribution in [2.24, 2.45) is 39.4 Å². The lowest BCUT2D eigenvalue weighted by molar-refractivity contribution is -0.132. The average Bonchev–Trinajstić information content (AvgIpc) is 2.99. The third-order valence-electron chi connectivity index (χ3n) is 11.5. The highest BCUT2D eigenvalue weighted by molar-refractivity contribution is 5.99. The van der Waals surface area contributed by atoms with Crippen molar-refractivity contribution in [3.8, 4) is 0 Å². The van der Waals surface area contributed by atoms with Crippen LogP contribution in [0.5, 0.6) is 0 Å². The zero-order valence-electron chi connectivity index (χ0n) is 22.4. The molecule has 2 fully saturated rings. The first-order chi connectivity index (χ1) is 15.2. The molecule has 0 aromatic carbocycles. The predicted octanol–water partition coefficient (Wildman–Crippen LogP) is 6.63. The van der Waals surface area contributed by atoms with Crippen molar-refractivity contribution in [3.05, 3.63) is 22.8 Å². The fraction of sp³-hybridized carbons (Fsp3) is 0.833. The number of rotatable bonds is 4. The van der Waals surface area contributed by atoms with Crippen LogP contribution >= 0.6 is 0 Å². The highest BCUT2D eigenvalue weighted by Crippen LogP contribution is 2.71. The Bertz CT molecular complexity index is 877. The molecule has 2 saturated carbocycles. The van der Waals surface area contributed by atoms with E-state index < -0.39 is 0 Å². The zero-order chi connectivity index (χ0) is 24.6. The molecule has 0 spiro atoms. The summed E-state index contributed by atoms with van der Waals surface area (Å²) < 4.78 is 0. The quantitative estimate of drug-likeness (QED) is 0.467. The Balaban J connectivity index is 1.73. The molecule has 0 aromatic heterocycles. The molecule has 0 radical (unpaired) electrons. The molecule has 0 bridgehead atoms. The first-order valence-corrected chi connectivity index (χ1v) is 13.5. The molecule has 0 amide bonds. The van der Waals surface area contributed by atoms with E-state index in [0.717, 1.165) is 44.1 Å². The van der Waals surface area contributed by atoms with Crippen LogP contribution in [0.2, 0.25) is 0 Å². The summed E-state index contributed by atoms with van der Waals surface area (Å²) in [4.78, 5) is 14.0. The van der Waals surface area contributed by atoms with E-state index in [0.29, 0.717) is 30.5 Å². The van der Waals surface area contributed by atoms with Gasteiger partial charge in [0.2, 0.25) is 0 Å². The number of fused-ring (bicyclic) bond motifs is 4. The summed E-state index contributed by atoms with van der Waals surface area (Å²) in [5.41, 5.74) is 3.50. The van der Waals surface area contributed by atoms with Gasteiger partial charge < -0.3 is 10.2 Å². The normalized spacial score (nSPS) is 43.9. The fourth-order valence-corrected chi connectivity index (χ4v) is 9.21. The number of ketones is 1. The fourth-order valence-electron chi connectivity index (χ4n) is 9.21. The van der Waals surface area contributed by atoms with Gasteiger partial charge in [-0.15, -0.1) is 0 Å². The summed E-state index contributed by atoms with van der Waals surface area (Å²) in [7, 11) is 0. The molecule has 2 N–H and O–H groups in total. The first-order valence-electron chi connectivity index (χ1n) is 13.5. The van der Waals surface area contributed by atoms with E-state index >= 15 is 0 Å². The van der Waals surface area contributed by atoms with Crippen molar-refractivity contribution in [2.45, 2.75) is 119 Å². The summed E-state index contributed by atoms with van der Waals surface area (Å²) >= 11 is 0. The molecule has 0 aliphatic heterocycles. The maximum Gasteiger partial charge on any atom is 0.159 e. The van der Waals surface area contributed by atoms with E-state index in [1.807, 2.05) is 0 Å². The Labute approximate surface area is 202 Å². The maximum absolute atomic E-state index is 14.0. The molecule has 2 unspecified atom stereocenters. The van der Waals surface area contributed by atoms with Crippen LogP contribution in [-0.2, 0) is 4.79 Å². The van der Waals surface area contributed by atoms with Crippen molar-refractivity contribution >= 4 is 5.78 Å². The first kappa shape index (κ1) is 25.2. The molecule has 33 heavy (non-hydrogen) atoms. The highest BCUT2D eigenvalue weighted by Gasteiger charge is 2.65. The number of carbonyl (C=O) groups is 1. The maximum atomic E-state index is 14.0. The van der Waals surface area contributed by atoms with Crippen LogP contribution in [0.4, 0.5) is 0 Å². The lowest BCUT2D eigenvalue weighted by atomic mass is 9.43. The van der Waals surface area contributed by atoms with Crippen LogP contribution in [0.3, 0.4) is 0 Å². The molecule has 0 heterocycles. The van der Waals surface area contributed by atoms with E-state index in [-0.39, 0.29) is 39.8 Å². The van der Waals surface area contributed by atoms with Gasteiger partial charge in [0.05, 0.1) is 12.2 Å². The number of hydrogen-bond donors (Lipinski definition) is 2. The molecule has 4 rings (SSSR count). The Morgan fingerprint density at radius 3 is 2.39 bits per heavy atom. The van der Waals surface area contributed by atoms with Gasteiger partial charge in [-0.3, -0.25) is 4.79 Å². The van der Waals surface area contributed by atoms with Gasteiger partial charge in [0.15, 0.2) is 5.78 Å². The predicted molar refractivity (Wildman–Crippen MR) is 135 cm³/mol. The highest BCUT2D eigenvalue weighted by atomic mass is 16.3. The van der Waals surface area contributed by atoms with E-state index in [1.54, 1.807) is 0 Å². The molecule has 0 aromatic rings. The molecule has 4 aliphatic rings. The second-order valence-electron chi connectivity index (χ2n) is 13.7. The molecule has 186 valence electrons. The summed E-state index contributed by atoms with van der Waals surface area (Å²) in [6, 6.07) is 0. The summed E-state index contributed by atoms with van der Waals surface area (Å²) in [5, 5.41) is 21.8. The molecule has 0 saturated heterocycles. The summed E-state index contributed by atoms with van der Waals surface area (Å²) in [6.07, 6.45) is 8.79. The van der Waals surface area contributed by atoms with E-state index in [2.05, 4.69) is 61.5 Å². The van der Waals surface area contributed by atoms with Crippen LogP contribution in [0.25, 0.3) is 0 Å². The van der Waals surface area contributed by atoms with Crippen LogP contribution in [-0.4, -0.2) is 28.2 Å². The molecular formula is C30H48O3. The van der Waals surface area contributed by atoms with Gasteiger partial charge in [0.25, 0.3) is 0 Å². The number of carbonyl (C=O) groups excluding carboxylic acids is 1. The minimum atomic E-state index is -0.358. The largest absolute Gasteiger partial charge is 0.393 e. The standard InChI is InChI=1S/C30H48O3/c1-18(2)9-11-22(31)19(3)20-13-16-29(7)21-10-12-24-27(4,5)25(33)14-15-28(24,6)26(21)23(32)17-30(20,29)8/h9,19-20,22,24-25,31,33H,10-17H2,1-8H3/t19-,20+,22?,24?,25-,28-,29-,30+/m0/s1. The SMILES string of the molecule is CC(C)=CCC(O)[C@@H](C)[C@H]1CC[C@@]2(C)C3=C(C(=O)C[C@]12C)[C@@]1(C)CC[C@H](O)C(C)(C)C1CC3.